The smallest absolute Gasteiger partial charge is 0.344 e. The molecule has 10 nitrogen and oxygen atoms in total. The van der Waals surface area contributed by atoms with Crippen molar-refractivity contribution >= 4 is 38.2 Å². The minimum absolute atomic E-state index is 0. The lowest BCUT2D eigenvalue weighted by Crippen LogP contribution is -1.89. The van der Waals surface area contributed by atoms with Crippen LogP contribution in [0.15, 0.2) is 0 Å². The van der Waals surface area contributed by atoms with Crippen molar-refractivity contribution in [3.05, 3.63) is 0 Å². The molecular formula is H13AlN2O8S2. The van der Waals surface area contributed by atoms with Crippen molar-refractivity contribution in [3.63, 3.8) is 0 Å². The monoisotopic (exact) mass is 260 g/mol. The van der Waals surface area contributed by atoms with Crippen LogP contribution in [0, 0.1) is 0 Å². The van der Waals surface area contributed by atoms with Gasteiger partial charge in [0.1, 0.15) is 0 Å². The predicted molar refractivity (Wildman–Crippen MR) is 48.3 cm³/mol. The zero-order valence-corrected chi connectivity index (χ0v) is 7.29. The van der Waals surface area contributed by atoms with E-state index >= 15 is 0 Å². The molecule has 0 heterocycles. The largest absolute Gasteiger partial charge is 0.394 e. The summed E-state index contributed by atoms with van der Waals surface area (Å²) in [5.41, 5.74) is 0. The van der Waals surface area contributed by atoms with Crippen molar-refractivity contribution in [1.29, 1.82) is 0 Å². The summed E-state index contributed by atoms with van der Waals surface area (Å²) in [5, 5.41) is 0. The molecule has 0 amide bonds. The molecule has 86 valence electrons. The van der Waals surface area contributed by atoms with E-state index in [4.69, 9.17) is 35.0 Å². The minimum atomic E-state index is -4.67. The van der Waals surface area contributed by atoms with Gasteiger partial charge in [0, 0.05) is 0 Å². The van der Waals surface area contributed by atoms with Gasteiger partial charge in [-0.25, -0.2) is 0 Å². The zero-order valence-electron chi connectivity index (χ0n) is 5.65. The SMILES string of the molecule is N.N.O=S(=O)(O)O.O=S(=O)(O)O.[AlH3]. The molecule has 0 aliphatic carbocycles. The first kappa shape index (κ1) is 29.2. The summed E-state index contributed by atoms with van der Waals surface area (Å²) < 4.78 is 63.2. The van der Waals surface area contributed by atoms with Gasteiger partial charge in [-0.05, 0) is 0 Å². The highest BCUT2D eigenvalue weighted by Crippen LogP contribution is 1.59. The predicted octanol–water partition coefficient (Wildman–Crippen LogP) is -2.17. The fraction of sp³-hybridized carbons (Fsp3) is 0. The van der Waals surface area contributed by atoms with Gasteiger partial charge in [0.25, 0.3) is 0 Å². The molecule has 0 spiro atoms. The van der Waals surface area contributed by atoms with Gasteiger partial charge in [0.15, 0.2) is 17.4 Å². The molecule has 10 N–H and O–H groups in total. The summed E-state index contributed by atoms with van der Waals surface area (Å²) in [5.74, 6) is 0. The van der Waals surface area contributed by atoms with Crippen LogP contribution in [0.2, 0.25) is 0 Å². The maximum atomic E-state index is 8.74. The van der Waals surface area contributed by atoms with E-state index in [2.05, 4.69) is 0 Å². The molecule has 0 rings (SSSR count). The van der Waals surface area contributed by atoms with Crippen molar-refractivity contribution in [3.8, 4) is 0 Å². The Morgan fingerprint density at radius 2 is 0.615 bits per heavy atom. The summed E-state index contributed by atoms with van der Waals surface area (Å²) in [4.78, 5) is 0. The first-order chi connectivity index (χ1) is 4.00. The molecule has 0 aliphatic rings. The Bertz CT molecular complexity index is 217. The molecule has 0 saturated heterocycles. The molecule has 0 aromatic carbocycles. The summed E-state index contributed by atoms with van der Waals surface area (Å²) in [7, 11) is -9.33. The van der Waals surface area contributed by atoms with Crippen molar-refractivity contribution in [2.75, 3.05) is 0 Å². The second-order valence-corrected chi connectivity index (χ2v) is 2.69. The molecule has 13 heavy (non-hydrogen) atoms. The lowest BCUT2D eigenvalue weighted by Gasteiger charge is -1.68. The third-order valence-electron chi connectivity index (χ3n) is 0. The molecule has 0 aliphatic heterocycles. The van der Waals surface area contributed by atoms with Crippen molar-refractivity contribution in [2.45, 2.75) is 0 Å². The van der Waals surface area contributed by atoms with Gasteiger partial charge in [-0.15, -0.1) is 0 Å². The summed E-state index contributed by atoms with van der Waals surface area (Å²) >= 11 is 0. The Labute approximate surface area is 85.8 Å². The van der Waals surface area contributed by atoms with E-state index in [0.717, 1.165) is 0 Å². The average Bonchev–Trinajstić information content (AvgIpc) is 1.12. The second kappa shape index (κ2) is 10.3. The summed E-state index contributed by atoms with van der Waals surface area (Å²) in [6.07, 6.45) is 0. The van der Waals surface area contributed by atoms with Gasteiger partial charge in [-0.3, -0.25) is 18.2 Å². The highest BCUT2D eigenvalue weighted by atomic mass is 32.3. The summed E-state index contributed by atoms with van der Waals surface area (Å²) in [6, 6.07) is 0. The summed E-state index contributed by atoms with van der Waals surface area (Å²) in [6.45, 7) is 0. The number of hydrogen-bond donors (Lipinski definition) is 6. The quantitative estimate of drug-likeness (QED) is 0.204. The molecule has 13 heteroatoms. The first-order valence-electron chi connectivity index (χ1n) is 1.40. The molecule has 0 aromatic heterocycles. The Morgan fingerprint density at radius 1 is 0.615 bits per heavy atom. The van der Waals surface area contributed by atoms with Crippen LogP contribution in [0.1, 0.15) is 0 Å². The highest BCUT2D eigenvalue weighted by molar-refractivity contribution is 7.80. The molecule has 0 fully saturated rings. The molecule has 0 aromatic rings. The molecule has 0 atom stereocenters. The van der Waals surface area contributed by atoms with Crippen LogP contribution >= 0.6 is 0 Å². The van der Waals surface area contributed by atoms with E-state index < -0.39 is 20.8 Å². The topological polar surface area (TPSA) is 219 Å². The number of rotatable bonds is 0. The van der Waals surface area contributed by atoms with E-state index in [1.165, 1.54) is 0 Å². The maximum absolute atomic E-state index is 8.74. The molecule has 0 bridgehead atoms. The van der Waals surface area contributed by atoms with Crippen LogP contribution in [-0.4, -0.2) is 52.4 Å². The fourth-order valence-electron chi connectivity index (χ4n) is 0. The Kier molecular flexibility index (Phi) is 23.1. The average molecular weight is 260 g/mol. The van der Waals surface area contributed by atoms with Crippen molar-refractivity contribution < 1.29 is 35.0 Å². The van der Waals surface area contributed by atoms with E-state index in [-0.39, 0.29) is 29.7 Å². The molecule has 0 radical (unpaired) electrons. The van der Waals surface area contributed by atoms with Crippen LogP contribution in [0.4, 0.5) is 0 Å². The van der Waals surface area contributed by atoms with E-state index in [1.807, 2.05) is 0 Å². The Hall–Kier alpha value is 0.192. The normalized spacial score (nSPS) is 8.92. The van der Waals surface area contributed by atoms with Gasteiger partial charge in [-0.1, -0.05) is 0 Å². The first-order valence-corrected chi connectivity index (χ1v) is 4.19. The highest BCUT2D eigenvalue weighted by Gasteiger charge is 1.85. The number of hydrogen-bond acceptors (Lipinski definition) is 6. The molecular weight excluding hydrogens is 247 g/mol. The Morgan fingerprint density at radius 3 is 0.615 bits per heavy atom. The van der Waals surface area contributed by atoms with E-state index in [9.17, 15) is 0 Å². The van der Waals surface area contributed by atoms with Crippen LogP contribution < -0.4 is 12.3 Å². The van der Waals surface area contributed by atoms with Crippen LogP contribution in [0.5, 0.6) is 0 Å². The second-order valence-electron chi connectivity index (χ2n) is 0.896. The standard InChI is InChI=1S/Al.2H3N.2H2O4S.3H/c;;;2*1-5(2,3)4;;;/h;2*1H3;2*(H2,1,2,3,4);;;. The third-order valence-corrected chi connectivity index (χ3v) is 0. The van der Waals surface area contributed by atoms with Crippen LogP contribution in [0.25, 0.3) is 0 Å². The lowest BCUT2D eigenvalue weighted by molar-refractivity contribution is 0.378. The van der Waals surface area contributed by atoms with Crippen LogP contribution in [0.3, 0.4) is 0 Å². The minimum Gasteiger partial charge on any atom is -0.344 e. The lowest BCUT2D eigenvalue weighted by atomic mass is 14.0. The Balaban J connectivity index is -0.0000000267. The van der Waals surface area contributed by atoms with Crippen molar-refractivity contribution in [2.24, 2.45) is 0 Å². The third kappa shape index (κ3) is 34200. The van der Waals surface area contributed by atoms with Gasteiger partial charge in [0.2, 0.25) is 0 Å². The maximum Gasteiger partial charge on any atom is 0.394 e. The van der Waals surface area contributed by atoms with E-state index in [1.54, 1.807) is 0 Å². The molecule has 0 saturated carbocycles. The van der Waals surface area contributed by atoms with E-state index in [0.29, 0.717) is 0 Å². The van der Waals surface area contributed by atoms with Gasteiger partial charge in [0.05, 0.1) is 0 Å². The van der Waals surface area contributed by atoms with Gasteiger partial charge < -0.3 is 12.3 Å². The fourth-order valence-corrected chi connectivity index (χ4v) is 0. The van der Waals surface area contributed by atoms with Gasteiger partial charge >= 0.3 is 20.8 Å². The zero-order chi connectivity index (χ0) is 9.00. The molecule has 0 unspecified atom stereocenters. The van der Waals surface area contributed by atoms with Crippen molar-refractivity contribution in [1.82, 2.24) is 12.3 Å². The van der Waals surface area contributed by atoms with Gasteiger partial charge in [-0.2, -0.15) is 16.8 Å². The van der Waals surface area contributed by atoms with Crippen LogP contribution in [-0.2, 0) is 20.8 Å².